The van der Waals surface area contributed by atoms with E-state index in [1.807, 2.05) is 0 Å². The van der Waals surface area contributed by atoms with Crippen molar-refractivity contribution in [2.24, 2.45) is 0 Å². The lowest BCUT2D eigenvalue weighted by Crippen LogP contribution is -1.97. The highest BCUT2D eigenvalue weighted by molar-refractivity contribution is 7.80. The Bertz CT molecular complexity index is 284. The zero-order valence-corrected chi connectivity index (χ0v) is 7.86. The average molecular weight is 167 g/mol. The summed E-state index contributed by atoms with van der Waals surface area (Å²) in [4.78, 5) is 1.13. The van der Waals surface area contributed by atoms with Gasteiger partial charge in [-0.25, -0.2) is 0 Å². The Kier molecular flexibility index (Phi) is 1.53. The van der Waals surface area contributed by atoms with Crippen LogP contribution in [0.4, 0.5) is 0 Å². The number of hydrogen-bond acceptors (Lipinski definition) is 1. The second-order valence-electron chi connectivity index (χ2n) is 3.36. The standard InChI is InChI=1S/C9H13NS/c1-6-5-9(11)7(2)10(6)8-3-4-8/h5,8,11H,3-4H2,1-2H3. The molecular formula is C9H13NS. The van der Waals surface area contributed by atoms with Crippen molar-refractivity contribution in [1.82, 2.24) is 4.57 Å². The maximum absolute atomic E-state index is 4.39. The van der Waals surface area contributed by atoms with Crippen LogP contribution in [0.1, 0.15) is 30.3 Å². The zero-order valence-electron chi connectivity index (χ0n) is 6.96. The van der Waals surface area contributed by atoms with Crippen molar-refractivity contribution in [2.45, 2.75) is 37.6 Å². The molecule has 0 aliphatic heterocycles. The van der Waals surface area contributed by atoms with Crippen molar-refractivity contribution < 1.29 is 0 Å². The summed E-state index contributed by atoms with van der Waals surface area (Å²) in [5.74, 6) is 0. The molecule has 60 valence electrons. The smallest absolute Gasteiger partial charge is 0.0337 e. The van der Waals surface area contributed by atoms with E-state index in [4.69, 9.17) is 0 Å². The third-order valence-electron chi connectivity index (χ3n) is 2.37. The largest absolute Gasteiger partial charge is 0.345 e. The van der Waals surface area contributed by atoms with E-state index in [-0.39, 0.29) is 0 Å². The fourth-order valence-corrected chi connectivity index (χ4v) is 1.95. The number of aryl methyl sites for hydroxylation is 1. The number of aromatic nitrogens is 1. The molecule has 1 heterocycles. The Hall–Kier alpha value is -0.370. The average Bonchev–Trinajstić information content (AvgIpc) is 2.68. The first-order chi connectivity index (χ1) is 5.20. The highest BCUT2D eigenvalue weighted by Crippen LogP contribution is 2.38. The van der Waals surface area contributed by atoms with Crippen LogP contribution < -0.4 is 0 Å². The Balaban J connectivity index is 2.50. The molecule has 0 unspecified atom stereocenters. The van der Waals surface area contributed by atoms with Crippen molar-refractivity contribution >= 4 is 12.6 Å². The minimum Gasteiger partial charge on any atom is -0.345 e. The highest BCUT2D eigenvalue weighted by Gasteiger charge is 2.26. The highest BCUT2D eigenvalue weighted by atomic mass is 32.1. The van der Waals surface area contributed by atoms with Crippen LogP contribution in [-0.4, -0.2) is 4.57 Å². The molecule has 0 amide bonds. The Labute approximate surface area is 72.8 Å². The lowest BCUT2D eigenvalue weighted by molar-refractivity contribution is 0.694. The van der Waals surface area contributed by atoms with Crippen molar-refractivity contribution in [3.8, 4) is 0 Å². The molecule has 1 aliphatic rings. The van der Waals surface area contributed by atoms with Crippen LogP contribution in [0.5, 0.6) is 0 Å². The summed E-state index contributed by atoms with van der Waals surface area (Å²) in [6, 6.07) is 2.94. The van der Waals surface area contributed by atoms with Gasteiger partial charge in [-0.2, -0.15) is 0 Å². The van der Waals surface area contributed by atoms with Crippen molar-refractivity contribution in [2.75, 3.05) is 0 Å². The van der Waals surface area contributed by atoms with Gasteiger partial charge in [0.15, 0.2) is 0 Å². The summed E-state index contributed by atoms with van der Waals surface area (Å²) in [6.07, 6.45) is 2.70. The molecule has 1 fully saturated rings. The van der Waals surface area contributed by atoms with E-state index < -0.39 is 0 Å². The second-order valence-corrected chi connectivity index (χ2v) is 3.84. The van der Waals surface area contributed by atoms with Gasteiger partial charge in [-0.1, -0.05) is 0 Å². The van der Waals surface area contributed by atoms with Gasteiger partial charge in [-0.3, -0.25) is 0 Å². The van der Waals surface area contributed by atoms with E-state index in [0.29, 0.717) is 0 Å². The molecule has 2 heteroatoms. The molecule has 1 nitrogen and oxygen atoms in total. The van der Waals surface area contributed by atoms with Gasteiger partial charge in [-0.05, 0) is 32.8 Å². The van der Waals surface area contributed by atoms with Gasteiger partial charge in [-0.15, -0.1) is 12.6 Å². The molecule has 0 N–H and O–H groups in total. The SMILES string of the molecule is Cc1cc(S)c(C)n1C1CC1. The fourth-order valence-electron chi connectivity index (χ4n) is 1.65. The molecule has 11 heavy (non-hydrogen) atoms. The van der Waals surface area contributed by atoms with E-state index in [1.54, 1.807) is 0 Å². The molecule has 0 atom stereocenters. The second kappa shape index (κ2) is 2.31. The first-order valence-corrected chi connectivity index (χ1v) is 4.52. The van der Waals surface area contributed by atoms with Crippen LogP contribution in [0.25, 0.3) is 0 Å². The summed E-state index contributed by atoms with van der Waals surface area (Å²) < 4.78 is 2.41. The lowest BCUT2D eigenvalue weighted by Gasteiger charge is -2.05. The first kappa shape index (κ1) is 7.29. The van der Waals surface area contributed by atoms with Crippen LogP contribution >= 0.6 is 12.6 Å². The fraction of sp³-hybridized carbons (Fsp3) is 0.556. The quantitative estimate of drug-likeness (QED) is 0.614. The first-order valence-electron chi connectivity index (χ1n) is 4.07. The molecule has 1 aliphatic carbocycles. The van der Waals surface area contributed by atoms with Crippen molar-refractivity contribution in [3.05, 3.63) is 17.5 Å². The minimum atomic E-state index is 0.788. The Morgan fingerprint density at radius 2 is 2.09 bits per heavy atom. The molecule has 1 aromatic heterocycles. The van der Waals surface area contributed by atoms with Crippen LogP contribution in [0, 0.1) is 13.8 Å². The maximum Gasteiger partial charge on any atom is 0.0337 e. The van der Waals surface area contributed by atoms with Crippen LogP contribution in [0.3, 0.4) is 0 Å². The topological polar surface area (TPSA) is 4.93 Å². The third kappa shape index (κ3) is 1.09. The molecule has 0 spiro atoms. The summed E-state index contributed by atoms with van der Waals surface area (Å²) in [5, 5.41) is 0. The van der Waals surface area contributed by atoms with Crippen molar-refractivity contribution in [1.29, 1.82) is 0 Å². The molecular weight excluding hydrogens is 154 g/mol. The van der Waals surface area contributed by atoms with E-state index in [1.165, 1.54) is 24.2 Å². The van der Waals surface area contributed by atoms with E-state index >= 15 is 0 Å². The van der Waals surface area contributed by atoms with Crippen LogP contribution in [0.2, 0.25) is 0 Å². The number of thiol groups is 1. The molecule has 0 radical (unpaired) electrons. The van der Waals surface area contributed by atoms with Gasteiger partial charge in [0.25, 0.3) is 0 Å². The van der Waals surface area contributed by atoms with Crippen LogP contribution in [-0.2, 0) is 0 Å². The lowest BCUT2D eigenvalue weighted by atomic mass is 10.4. The Morgan fingerprint density at radius 1 is 1.45 bits per heavy atom. The van der Waals surface area contributed by atoms with E-state index in [2.05, 4.69) is 37.1 Å². The number of nitrogens with zero attached hydrogens (tertiary/aromatic N) is 1. The molecule has 0 bridgehead atoms. The summed E-state index contributed by atoms with van der Waals surface area (Å²) in [7, 11) is 0. The maximum atomic E-state index is 4.39. The molecule has 1 saturated carbocycles. The van der Waals surface area contributed by atoms with Gasteiger partial charge < -0.3 is 4.57 Å². The summed E-state index contributed by atoms with van der Waals surface area (Å²) in [6.45, 7) is 4.30. The van der Waals surface area contributed by atoms with Gasteiger partial charge in [0.2, 0.25) is 0 Å². The van der Waals surface area contributed by atoms with Gasteiger partial charge in [0.1, 0.15) is 0 Å². The zero-order chi connectivity index (χ0) is 8.01. The minimum absolute atomic E-state index is 0.788. The normalized spacial score (nSPS) is 17.4. The molecule has 0 aromatic carbocycles. The van der Waals surface area contributed by atoms with Gasteiger partial charge in [0, 0.05) is 22.3 Å². The number of hydrogen-bond donors (Lipinski definition) is 1. The summed E-state index contributed by atoms with van der Waals surface area (Å²) in [5.41, 5.74) is 2.68. The molecule has 0 saturated heterocycles. The van der Waals surface area contributed by atoms with Crippen LogP contribution in [0.15, 0.2) is 11.0 Å². The monoisotopic (exact) mass is 167 g/mol. The Morgan fingerprint density at radius 3 is 2.45 bits per heavy atom. The van der Waals surface area contributed by atoms with Crippen molar-refractivity contribution in [3.63, 3.8) is 0 Å². The molecule has 2 rings (SSSR count). The molecule has 1 aromatic rings. The van der Waals surface area contributed by atoms with Gasteiger partial charge in [0.05, 0.1) is 0 Å². The van der Waals surface area contributed by atoms with Gasteiger partial charge >= 0.3 is 0 Å². The predicted octanol–water partition coefficient (Wildman–Crippen LogP) is 2.73. The summed E-state index contributed by atoms with van der Waals surface area (Å²) >= 11 is 4.39. The predicted molar refractivity (Wildman–Crippen MR) is 49.4 cm³/mol. The van der Waals surface area contributed by atoms with E-state index in [0.717, 1.165) is 10.9 Å². The third-order valence-corrected chi connectivity index (χ3v) is 2.82. The number of rotatable bonds is 1. The van der Waals surface area contributed by atoms with E-state index in [9.17, 15) is 0 Å².